The van der Waals surface area contributed by atoms with Crippen LogP contribution in [0.15, 0.2) is 46.9 Å². The molecule has 0 bridgehead atoms. The lowest BCUT2D eigenvalue weighted by molar-refractivity contribution is -0.122. The number of nitrogens with zero attached hydrogens (tertiary/aromatic N) is 1. The van der Waals surface area contributed by atoms with Gasteiger partial charge in [0.05, 0.1) is 17.2 Å². The molecule has 1 N–H and O–H groups in total. The van der Waals surface area contributed by atoms with Crippen molar-refractivity contribution in [2.75, 3.05) is 6.54 Å². The summed E-state index contributed by atoms with van der Waals surface area (Å²) in [5.74, 6) is -1.22. The molecule has 0 spiro atoms. The SMILES string of the molecule is Cc1ccc2c(c1)C(=O)N(CC(=O)NC(C)c1ccc(Br)cc1)C2=O. The number of amides is 3. The van der Waals surface area contributed by atoms with Gasteiger partial charge in [0.2, 0.25) is 5.91 Å². The minimum absolute atomic E-state index is 0.224. The smallest absolute Gasteiger partial charge is 0.262 e. The molecular formula is C19H17BrN2O3. The highest BCUT2D eigenvalue weighted by molar-refractivity contribution is 9.10. The van der Waals surface area contributed by atoms with Gasteiger partial charge in [0.15, 0.2) is 0 Å². The third-order valence-electron chi connectivity index (χ3n) is 4.18. The number of aryl methyl sites for hydroxylation is 1. The summed E-state index contributed by atoms with van der Waals surface area (Å²) >= 11 is 3.37. The fourth-order valence-electron chi connectivity index (χ4n) is 2.81. The highest BCUT2D eigenvalue weighted by Crippen LogP contribution is 2.24. The Labute approximate surface area is 154 Å². The van der Waals surface area contributed by atoms with Gasteiger partial charge in [-0.25, -0.2) is 0 Å². The normalized spacial score (nSPS) is 14.4. The minimum Gasteiger partial charge on any atom is -0.348 e. The molecule has 5 nitrogen and oxygen atoms in total. The number of hydrogen-bond donors (Lipinski definition) is 1. The van der Waals surface area contributed by atoms with Crippen LogP contribution in [0.25, 0.3) is 0 Å². The average molecular weight is 401 g/mol. The molecule has 1 heterocycles. The van der Waals surface area contributed by atoms with Crippen molar-refractivity contribution in [3.63, 3.8) is 0 Å². The van der Waals surface area contributed by atoms with Gasteiger partial charge >= 0.3 is 0 Å². The Morgan fingerprint density at radius 2 is 1.72 bits per heavy atom. The minimum atomic E-state index is -0.425. The zero-order valence-electron chi connectivity index (χ0n) is 13.9. The largest absolute Gasteiger partial charge is 0.348 e. The lowest BCUT2D eigenvalue weighted by Gasteiger charge is -2.18. The molecule has 25 heavy (non-hydrogen) atoms. The van der Waals surface area contributed by atoms with Crippen molar-refractivity contribution in [1.82, 2.24) is 10.2 Å². The molecule has 0 radical (unpaired) electrons. The number of nitrogens with one attached hydrogen (secondary N) is 1. The number of imide groups is 1. The first-order valence-corrected chi connectivity index (χ1v) is 8.68. The van der Waals surface area contributed by atoms with Crippen LogP contribution in [0.4, 0.5) is 0 Å². The molecule has 3 rings (SSSR count). The first-order valence-electron chi connectivity index (χ1n) is 7.88. The monoisotopic (exact) mass is 400 g/mol. The van der Waals surface area contributed by atoms with Crippen LogP contribution in [-0.4, -0.2) is 29.2 Å². The summed E-state index contributed by atoms with van der Waals surface area (Å²) in [7, 11) is 0. The molecule has 1 aliphatic rings. The van der Waals surface area contributed by atoms with E-state index < -0.39 is 11.8 Å². The zero-order valence-corrected chi connectivity index (χ0v) is 15.5. The fourth-order valence-corrected chi connectivity index (χ4v) is 3.08. The molecule has 2 aromatic carbocycles. The highest BCUT2D eigenvalue weighted by atomic mass is 79.9. The van der Waals surface area contributed by atoms with E-state index in [1.54, 1.807) is 18.2 Å². The van der Waals surface area contributed by atoms with Gasteiger partial charge in [-0.2, -0.15) is 0 Å². The number of carbonyl (C=O) groups excluding carboxylic acids is 3. The topological polar surface area (TPSA) is 66.5 Å². The van der Waals surface area contributed by atoms with Crippen molar-refractivity contribution in [2.45, 2.75) is 19.9 Å². The van der Waals surface area contributed by atoms with Crippen LogP contribution in [0, 0.1) is 6.92 Å². The first kappa shape index (κ1) is 17.4. The third kappa shape index (κ3) is 3.49. The Balaban J connectivity index is 1.68. The van der Waals surface area contributed by atoms with E-state index in [9.17, 15) is 14.4 Å². The average Bonchev–Trinajstić information content (AvgIpc) is 2.80. The fraction of sp³-hybridized carbons (Fsp3) is 0.211. The van der Waals surface area contributed by atoms with Crippen LogP contribution in [0.1, 0.15) is 44.8 Å². The van der Waals surface area contributed by atoms with Crippen molar-refractivity contribution in [2.24, 2.45) is 0 Å². The summed E-state index contributed by atoms with van der Waals surface area (Å²) in [5, 5.41) is 2.82. The number of carbonyl (C=O) groups is 3. The molecule has 1 unspecified atom stereocenters. The Hall–Kier alpha value is -2.47. The lowest BCUT2D eigenvalue weighted by Crippen LogP contribution is -2.41. The van der Waals surface area contributed by atoms with Gasteiger partial charge in [0.25, 0.3) is 11.8 Å². The van der Waals surface area contributed by atoms with Crippen molar-refractivity contribution in [3.05, 3.63) is 69.2 Å². The van der Waals surface area contributed by atoms with Gasteiger partial charge in [-0.1, -0.05) is 39.7 Å². The summed E-state index contributed by atoms with van der Waals surface area (Å²) in [6.07, 6.45) is 0. The van der Waals surface area contributed by atoms with Gasteiger partial charge in [-0.3, -0.25) is 19.3 Å². The zero-order chi connectivity index (χ0) is 18.1. The summed E-state index contributed by atoms with van der Waals surface area (Å²) < 4.78 is 0.955. The van der Waals surface area contributed by atoms with Crippen molar-refractivity contribution < 1.29 is 14.4 Å². The van der Waals surface area contributed by atoms with E-state index in [0.29, 0.717) is 11.1 Å². The van der Waals surface area contributed by atoms with Crippen LogP contribution >= 0.6 is 15.9 Å². The first-order chi connectivity index (χ1) is 11.9. The third-order valence-corrected chi connectivity index (χ3v) is 4.70. The molecule has 0 saturated heterocycles. The standard InChI is InChI=1S/C19H17BrN2O3/c1-11-3-8-15-16(9-11)19(25)22(18(15)24)10-17(23)21-12(2)13-4-6-14(20)7-5-13/h3-9,12H,10H2,1-2H3,(H,21,23). The van der Waals surface area contributed by atoms with Crippen LogP contribution in [0.3, 0.4) is 0 Å². The molecule has 6 heteroatoms. The molecule has 1 aliphatic heterocycles. The molecule has 0 fully saturated rings. The molecule has 0 saturated carbocycles. The van der Waals surface area contributed by atoms with E-state index in [4.69, 9.17) is 0 Å². The number of rotatable bonds is 4. The van der Waals surface area contributed by atoms with Gasteiger partial charge in [-0.05, 0) is 43.7 Å². The molecule has 2 aromatic rings. The van der Waals surface area contributed by atoms with Crippen LogP contribution in [0.5, 0.6) is 0 Å². The molecule has 3 amide bonds. The maximum atomic E-state index is 12.4. The van der Waals surface area contributed by atoms with Crippen molar-refractivity contribution >= 4 is 33.7 Å². The number of benzene rings is 2. The van der Waals surface area contributed by atoms with E-state index in [1.807, 2.05) is 38.1 Å². The molecule has 0 aromatic heterocycles. The lowest BCUT2D eigenvalue weighted by atomic mass is 10.1. The van der Waals surface area contributed by atoms with Gasteiger partial charge in [0.1, 0.15) is 6.54 Å². The number of halogens is 1. The van der Waals surface area contributed by atoms with Gasteiger partial charge < -0.3 is 5.32 Å². The van der Waals surface area contributed by atoms with E-state index >= 15 is 0 Å². The van der Waals surface area contributed by atoms with Gasteiger partial charge in [0, 0.05) is 4.47 Å². The van der Waals surface area contributed by atoms with E-state index in [1.165, 1.54) is 0 Å². The predicted octanol–water partition coefficient (Wildman–Crippen LogP) is 3.23. The Morgan fingerprint density at radius 3 is 2.40 bits per heavy atom. The van der Waals surface area contributed by atoms with Gasteiger partial charge in [-0.15, -0.1) is 0 Å². The molecule has 0 aliphatic carbocycles. The van der Waals surface area contributed by atoms with E-state index in [0.717, 1.165) is 20.5 Å². The predicted molar refractivity (Wildman–Crippen MR) is 97.2 cm³/mol. The Kier molecular flexibility index (Phi) is 4.72. The van der Waals surface area contributed by atoms with Crippen LogP contribution in [-0.2, 0) is 4.79 Å². The maximum absolute atomic E-state index is 12.4. The van der Waals surface area contributed by atoms with Crippen LogP contribution < -0.4 is 5.32 Å². The Morgan fingerprint density at radius 1 is 1.08 bits per heavy atom. The second-order valence-electron chi connectivity index (χ2n) is 6.09. The second-order valence-corrected chi connectivity index (χ2v) is 7.00. The highest BCUT2D eigenvalue weighted by Gasteiger charge is 2.36. The van der Waals surface area contributed by atoms with Crippen molar-refractivity contribution in [3.8, 4) is 0 Å². The summed E-state index contributed by atoms with van der Waals surface area (Å²) in [6, 6.07) is 12.5. The number of fused-ring (bicyclic) bond motifs is 1. The molecule has 128 valence electrons. The quantitative estimate of drug-likeness (QED) is 0.801. The van der Waals surface area contributed by atoms with Crippen molar-refractivity contribution in [1.29, 1.82) is 0 Å². The summed E-state index contributed by atoms with van der Waals surface area (Å²) in [4.78, 5) is 38.1. The van der Waals surface area contributed by atoms with Crippen LogP contribution in [0.2, 0.25) is 0 Å². The Bertz CT molecular complexity index is 861. The number of hydrogen-bond acceptors (Lipinski definition) is 3. The second kappa shape index (κ2) is 6.80. The maximum Gasteiger partial charge on any atom is 0.262 e. The van der Waals surface area contributed by atoms with E-state index in [-0.39, 0.29) is 18.5 Å². The molecular weight excluding hydrogens is 384 g/mol. The van der Waals surface area contributed by atoms with E-state index in [2.05, 4.69) is 21.2 Å². The summed E-state index contributed by atoms with van der Waals surface area (Å²) in [5.41, 5.74) is 2.55. The summed E-state index contributed by atoms with van der Waals surface area (Å²) in [6.45, 7) is 3.42. The molecule has 1 atom stereocenters.